The number of ether oxygens (including phenoxy) is 4. The van der Waals surface area contributed by atoms with Crippen LogP contribution < -0.4 is 0 Å². The van der Waals surface area contributed by atoms with Gasteiger partial charge in [0.05, 0.1) is 26.4 Å². The molecule has 0 saturated carbocycles. The fourth-order valence-electron chi connectivity index (χ4n) is 6.55. The van der Waals surface area contributed by atoms with Crippen LogP contribution in [0.15, 0.2) is 109 Å². The van der Waals surface area contributed by atoms with Gasteiger partial charge in [0.25, 0.3) is 0 Å². The lowest BCUT2D eigenvalue weighted by molar-refractivity contribution is -0.305. The molecule has 9 heteroatoms. The number of hydrogen-bond donors (Lipinski definition) is 4. The zero-order chi connectivity index (χ0) is 45.0. The number of carbonyl (C=O) groups excluding carboxylic acids is 1. The van der Waals surface area contributed by atoms with Crippen LogP contribution >= 0.6 is 0 Å². The molecular formula is C53H86O9. The van der Waals surface area contributed by atoms with Crippen LogP contribution in [0.2, 0.25) is 0 Å². The summed E-state index contributed by atoms with van der Waals surface area (Å²) in [5.41, 5.74) is 0. The van der Waals surface area contributed by atoms with E-state index in [1.807, 2.05) is 0 Å². The number of hydrogen-bond acceptors (Lipinski definition) is 9. The second kappa shape index (κ2) is 43.1. The third-order valence-electron chi connectivity index (χ3n) is 10.2. The molecule has 0 aliphatic carbocycles. The molecule has 1 aliphatic heterocycles. The molecule has 0 spiro atoms. The molecule has 9 nitrogen and oxygen atoms in total. The van der Waals surface area contributed by atoms with Crippen LogP contribution in [0, 0.1) is 0 Å². The smallest absolute Gasteiger partial charge is 0.306 e. The molecular weight excluding hydrogens is 781 g/mol. The molecule has 0 aromatic carbocycles. The summed E-state index contributed by atoms with van der Waals surface area (Å²) >= 11 is 0. The third-order valence-corrected chi connectivity index (χ3v) is 10.2. The van der Waals surface area contributed by atoms with Gasteiger partial charge in [-0.25, -0.2) is 0 Å². The van der Waals surface area contributed by atoms with Crippen LogP contribution in [0.4, 0.5) is 0 Å². The zero-order valence-electron chi connectivity index (χ0n) is 38.6. The van der Waals surface area contributed by atoms with Crippen molar-refractivity contribution in [2.24, 2.45) is 0 Å². The molecule has 1 saturated heterocycles. The highest BCUT2D eigenvalue weighted by atomic mass is 16.7. The minimum atomic E-state index is -1.56. The van der Waals surface area contributed by atoms with Gasteiger partial charge >= 0.3 is 5.97 Å². The summed E-state index contributed by atoms with van der Waals surface area (Å²) in [5.74, 6) is -0.348. The highest BCUT2D eigenvalue weighted by molar-refractivity contribution is 5.69. The van der Waals surface area contributed by atoms with Crippen LogP contribution in [0.3, 0.4) is 0 Å². The average Bonchev–Trinajstić information content (AvgIpc) is 3.27. The number of carbonyl (C=O) groups is 1. The minimum Gasteiger partial charge on any atom is -0.457 e. The second-order valence-corrected chi connectivity index (χ2v) is 15.8. The topological polar surface area (TPSA) is 135 Å². The molecule has 1 aliphatic rings. The van der Waals surface area contributed by atoms with Crippen molar-refractivity contribution >= 4 is 5.97 Å². The van der Waals surface area contributed by atoms with E-state index in [0.717, 1.165) is 89.9 Å². The molecule has 6 atom stereocenters. The maximum Gasteiger partial charge on any atom is 0.306 e. The second-order valence-electron chi connectivity index (χ2n) is 15.8. The van der Waals surface area contributed by atoms with Gasteiger partial charge in [0.15, 0.2) is 6.29 Å². The molecule has 6 unspecified atom stereocenters. The van der Waals surface area contributed by atoms with E-state index in [2.05, 4.69) is 123 Å². The first kappa shape index (κ1) is 56.9. The number of aliphatic hydroxyl groups is 4. The lowest BCUT2D eigenvalue weighted by Gasteiger charge is -2.39. The van der Waals surface area contributed by atoms with Gasteiger partial charge < -0.3 is 39.4 Å². The highest BCUT2D eigenvalue weighted by Gasteiger charge is 2.44. The van der Waals surface area contributed by atoms with Gasteiger partial charge in [-0.1, -0.05) is 175 Å². The lowest BCUT2D eigenvalue weighted by atomic mass is 9.99. The lowest BCUT2D eigenvalue weighted by Crippen LogP contribution is -2.59. The van der Waals surface area contributed by atoms with E-state index in [1.165, 1.54) is 38.5 Å². The van der Waals surface area contributed by atoms with Crippen molar-refractivity contribution in [3.05, 3.63) is 109 Å². The molecule has 0 aromatic heterocycles. The summed E-state index contributed by atoms with van der Waals surface area (Å²) in [5, 5.41) is 40.2. The van der Waals surface area contributed by atoms with Crippen molar-refractivity contribution < 1.29 is 44.2 Å². The number of esters is 1. The summed E-state index contributed by atoms with van der Waals surface area (Å²) in [6, 6.07) is 0. The average molecular weight is 867 g/mol. The zero-order valence-corrected chi connectivity index (χ0v) is 38.6. The fraction of sp³-hybridized carbons (Fsp3) is 0.642. The Morgan fingerprint density at radius 1 is 0.516 bits per heavy atom. The maximum absolute atomic E-state index is 12.8. The van der Waals surface area contributed by atoms with Crippen LogP contribution in [0.1, 0.15) is 155 Å². The Kier molecular flexibility index (Phi) is 39.5. The van der Waals surface area contributed by atoms with Crippen molar-refractivity contribution in [1.82, 2.24) is 0 Å². The summed E-state index contributed by atoms with van der Waals surface area (Å²) < 4.78 is 22.7. The van der Waals surface area contributed by atoms with Gasteiger partial charge in [0.2, 0.25) is 0 Å². The largest absolute Gasteiger partial charge is 0.457 e. The number of allylic oxidation sites excluding steroid dienone is 17. The Morgan fingerprint density at radius 3 is 1.40 bits per heavy atom. The van der Waals surface area contributed by atoms with Crippen molar-refractivity contribution in [2.45, 2.75) is 192 Å². The number of aliphatic hydroxyl groups excluding tert-OH is 4. The molecule has 352 valence electrons. The highest BCUT2D eigenvalue weighted by Crippen LogP contribution is 2.22. The predicted molar refractivity (Wildman–Crippen MR) is 256 cm³/mol. The molecule has 0 amide bonds. The van der Waals surface area contributed by atoms with Crippen molar-refractivity contribution in [3.63, 3.8) is 0 Å². The van der Waals surface area contributed by atoms with Gasteiger partial charge in [0.1, 0.15) is 30.5 Å². The minimum absolute atomic E-state index is 0.0816. The van der Waals surface area contributed by atoms with E-state index in [9.17, 15) is 25.2 Å². The standard InChI is InChI=1S/C53H86O9/c1-3-5-7-9-11-13-15-17-19-21-22-23-24-25-26-27-28-30-32-34-36-38-40-42-49(55)61-47(46-60-53-52(58)51(57)50(56)48(44-54)62-53)45-59-43-41-39-37-35-33-31-29-20-18-16-14-12-10-8-6-4-2/h5-8,11-14,17-20,22-23,31,33,37,39,47-48,50-54,56-58H,3-4,9-10,15-16,21,24-30,32,34-36,38,40-46H2,1-2H3/b7-5-,8-6-,13-11-,14-12-,19-17-,20-18-,23-22-,33-31-,39-37-. The SMILES string of the molecule is CC/C=C\C/C=C\C/C=C\C/C=C\C/C=C\CCOCC(COC1OC(CO)C(O)C(O)C1O)OC(=O)CCCCCCCCCCCC/C=C\C/C=C\C/C=C\C/C=C\CC. The number of rotatable bonds is 39. The van der Waals surface area contributed by atoms with E-state index in [1.54, 1.807) is 0 Å². The molecule has 0 radical (unpaired) electrons. The summed E-state index contributed by atoms with van der Waals surface area (Å²) in [6.07, 6.45) is 54.2. The van der Waals surface area contributed by atoms with Crippen LogP contribution in [-0.4, -0.2) is 89.6 Å². The van der Waals surface area contributed by atoms with E-state index in [0.29, 0.717) is 13.0 Å². The van der Waals surface area contributed by atoms with Gasteiger partial charge in [-0.05, 0) is 83.5 Å². The van der Waals surface area contributed by atoms with Gasteiger partial charge in [0, 0.05) is 6.42 Å². The Morgan fingerprint density at radius 2 is 0.935 bits per heavy atom. The maximum atomic E-state index is 12.8. The van der Waals surface area contributed by atoms with E-state index < -0.39 is 43.4 Å². The van der Waals surface area contributed by atoms with Crippen molar-refractivity contribution in [3.8, 4) is 0 Å². The van der Waals surface area contributed by atoms with Crippen molar-refractivity contribution in [2.75, 3.05) is 26.4 Å². The van der Waals surface area contributed by atoms with Gasteiger partial charge in [-0.3, -0.25) is 4.79 Å². The van der Waals surface area contributed by atoms with Crippen LogP contribution in [0.25, 0.3) is 0 Å². The van der Waals surface area contributed by atoms with E-state index in [-0.39, 0.29) is 25.6 Å². The van der Waals surface area contributed by atoms with E-state index in [4.69, 9.17) is 18.9 Å². The summed E-state index contributed by atoms with van der Waals surface area (Å²) in [4.78, 5) is 12.8. The Labute approximate surface area is 376 Å². The number of unbranched alkanes of at least 4 members (excludes halogenated alkanes) is 10. The molecule has 0 aromatic rings. The molecule has 62 heavy (non-hydrogen) atoms. The normalized spacial score (nSPS) is 20.8. The molecule has 0 bridgehead atoms. The Hall–Kier alpha value is -3.15. The monoisotopic (exact) mass is 867 g/mol. The van der Waals surface area contributed by atoms with Crippen molar-refractivity contribution in [1.29, 1.82) is 0 Å². The summed E-state index contributed by atoms with van der Waals surface area (Å²) in [6.45, 7) is 4.09. The Balaban J connectivity index is 2.28. The van der Waals surface area contributed by atoms with Crippen LogP contribution in [-0.2, 0) is 23.7 Å². The molecule has 4 N–H and O–H groups in total. The first-order valence-corrected chi connectivity index (χ1v) is 24.0. The predicted octanol–water partition coefficient (Wildman–Crippen LogP) is 11.4. The first-order valence-electron chi connectivity index (χ1n) is 24.0. The molecule has 1 heterocycles. The quantitative estimate of drug-likeness (QED) is 0.0271. The van der Waals surface area contributed by atoms with Gasteiger partial charge in [-0.2, -0.15) is 0 Å². The molecule has 1 fully saturated rings. The fourth-order valence-corrected chi connectivity index (χ4v) is 6.55. The third kappa shape index (κ3) is 33.4. The molecule has 1 rings (SSSR count). The van der Waals surface area contributed by atoms with Crippen LogP contribution in [0.5, 0.6) is 0 Å². The summed E-state index contributed by atoms with van der Waals surface area (Å²) in [7, 11) is 0. The first-order chi connectivity index (χ1) is 30.4. The van der Waals surface area contributed by atoms with E-state index >= 15 is 0 Å². The Bertz CT molecular complexity index is 1310. The van der Waals surface area contributed by atoms with Gasteiger partial charge in [-0.15, -0.1) is 0 Å².